The van der Waals surface area contributed by atoms with Crippen molar-refractivity contribution in [2.24, 2.45) is 5.73 Å². The number of amides is 1. The van der Waals surface area contributed by atoms with E-state index in [1.54, 1.807) is 24.3 Å². The molecule has 17 heavy (non-hydrogen) atoms. The summed E-state index contributed by atoms with van der Waals surface area (Å²) in [5.74, 6) is -0.795. The molecule has 0 aliphatic carbocycles. The Morgan fingerprint density at radius 3 is 2.47 bits per heavy atom. The predicted molar refractivity (Wildman–Crippen MR) is 62.4 cm³/mol. The molecule has 0 spiro atoms. The third-order valence-electron chi connectivity index (χ3n) is 1.92. The first-order chi connectivity index (χ1) is 8.08. The van der Waals surface area contributed by atoms with E-state index in [0.717, 1.165) is 11.6 Å². The zero-order valence-electron chi connectivity index (χ0n) is 9.13. The van der Waals surface area contributed by atoms with Gasteiger partial charge in [0.2, 0.25) is 5.91 Å². The summed E-state index contributed by atoms with van der Waals surface area (Å²) in [6.45, 7) is 0.236. The summed E-state index contributed by atoms with van der Waals surface area (Å²) in [5.41, 5.74) is 5.72. The Morgan fingerprint density at radius 2 is 1.94 bits per heavy atom. The molecule has 1 aromatic rings. The Labute approximate surface area is 98.5 Å². The lowest BCUT2D eigenvalue weighted by molar-refractivity contribution is -0.131. The van der Waals surface area contributed by atoms with Crippen LogP contribution in [-0.4, -0.2) is 23.6 Å². The number of aliphatic carboxylic acids is 1. The number of carboxylic acid groups (broad SMARTS) is 1. The normalized spacial score (nSPS) is 10.4. The topological polar surface area (TPSA) is 89.6 Å². The maximum absolute atomic E-state index is 10.5. The number of ether oxygens (including phenoxy) is 1. The Bertz CT molecular complexity index is 423. The number of carbonyl (C=O) groups is 2. The second kappa shape index (κ2) is 6.32. The maximum Gasteiger partial charge on any atom is 0.328 e. The molecule has 0 saturated carbocycles. The lowest BCUT2D eigenvalue weighted by Gasteiger charge is -2.04. The van der Waals surface area contributed by atoms with Gasteiger partial charge in [-0.1, -0.05) is 12.1 Å². The molecular weight excluding hydrogens is 222 g/mol. The number of hydrogen-bond acceptors (Lipinski definition) is 3. The Hall–Kier alpha value is -2.30. The molecule has 5 heteroatoms. The van der Waals surface area contributed by atoms with E-state index >= 15 is 0 Å². The molecule has 1 aromatic carbocycles. The van der Waals surface area contributed by atoms with Gasteiger partial charge in [-0.05, 0) is 23.8 Å². The molecule has 0 heterocycles. The van der Waals surface area contributed by atoms with Crippen LogP contribution in [0.1, 0.15) is 12.0 Å². The first-order valence-electron chi connectivity index (χ1n) is 5.00. The average molecular weight is 235 g/mol. The second-order valence-electron chi connectivity index (χ2n) is 3.31. The molecule has 0 aromatic heterocycles. The quantitative estimate of drug-likeness (QED) is 0.721. The summed E-state index contributed by atoms with van der Waals surface area (Å²) in [5, 5.41) is 8.44. The number of carbonyl (C=O) groups excluding carboxylic acids is 1. The van der Waals surface area contributed by atoms with Crippen LogP contribution in [0.3, 0.4) is 0 Å². The average Bonchev–Trinajstić information content (AvgIpc) is 2.27. The van der Waals surface area contributed by atoms with Gasteiger partial charge in [0.25, 0.3) is 0 Å². The smallest absolute Gasteiger partial charge is 0.328 e. The number of primary amides is 1. The molecule has 3 N–H and O–H groups in total. The van der Waals surface area contributed by atoms with E-state index in [9.17, 15) is 9.59 Å². The number of benzene rings is 1. The molecule has 0 radical (unpaired) electrons. The molecule has 1 amide bonds. The van der Waals surface area contributed by atoms with Crippen LogP contribution in [0.2, 0.25) is 0 Å². The van der Waals surface area contributed by atoms with Gasteiger partial charge < -0.3 is 15.6 Å². The maximum atomic E-state index is 10.5. The minimum atomic E-state index is -0.994. The van der Waals surface area contributed by atoms with Crippen LogP contribution in [0, 0.1) is 0 Å². The van der Waals surface area contributed by atoms with E-state index in [1.807, 2.05) is 0 Å². The van der Waals surface area contributed by atoms with Crippen molar-refractivity contribution in [3.63, 3.8) is 0 Å². The minimum Gasteiger partial charge on any atom is -0.493 e. The minimum absolute atomic E-state index is 0.167. The molecule has 0 atom stereocenters. The van der Waals surface area contributed by atoms with Crippen molar-refractivity contribution in [2.45, 2.75) is 6.42 Å². The number of nitrogens with two attached hydrogens (primary N) is 1. The van der Waals surface area contributed by atoms with Crippen LogP contribution in [-0.2, 0) is 9.59 Å². The molecular formula is C12H13NO4. The first kappa shape index (κ1) is 12.8. The Morgan fingerprint density at radius 1 is 1.29 bits per heavy atom. The summed E-state index contributed by atoms with van der Waals surface area (Å²) in [4.78, 5) is 20.8. The molecule has 0 aliphatic heterocycles. The monoisotopic (exact) mass is 235 g/mol. The third-order valence-corrected chi connectivity index (χ3v) is 1.92. The molecule has 1 rings (SSSR count). The zero-order valence-corrected chi connectivity index (χ0v) is 9.13. The molecule has 90 valence electrons. The summed E-state index contributed by atoms with van der Waals surface area (Å²) >= 11 is 0. The number of carboxylic acids is 1. The fraction of sp³-hybridized carbons (Fsp3) is 0.167. The van der Waals surface area contributed by atoms with Gasteiger partial charge >= 0.3 is 5.97 Å². The highest BCUT2D eigenvalue weighted by atomic mass is 16.5. The molecule has 0 bridgehead atoms. The highest BCUT2D eigenvalue weighted by Crippen LogP contribution is 2.13. The van der Waals surface area contributed by atoms with Gasteiger partial charge in [-0.25, -0.2) is 4.79 Å². The number of rotatable bonds is 6. The van der Waals surface area contributed by atoms with E-state index in [2.05, 4.69) is 0 Å². The van der Waals surface area contributed by atoms with Crippen LogP contribution in [0.4, 0.5) is 0 Å². The van der Waals surface area contributed by atoms with E-state index < -0.39 is 11.9 Å². The van der Waals surface area contributed by atoms with Crippen LogP contribution >= 0.6 is 0 Å². The summed E-state index contributed by atoms with van der Waals surface area (Å²) in [6.07, 6.45) is 2.71. The van der Waals surface area contributed by atoms with Crippen molar-refractivity contribution in [1.82, 2.24) is 0 Å². The standard InChI is InChI=1S/C12H13NO4/c13-11(14)7-8-17-10-4-1-9(2-5-10)3-6-12(15)16/h1-6H,7-8H2,(H2,13,14)(H,15,16)/b6-3+. The predicted octanol–water partition coefficient (Wildman–Crippen LogP) is 1.04. The molecule has 5 nitrogen and oxygen atoms in total. The van der Waals surface area contributed by atoms with Crippen LogP contribution < -0.4 is 10.5 Å². The summed E-state index contributed by atoms with van der Waals surface area (Å²) in [7, 11) is 0. The van der Waals surface area contributed by atoms with Gasteiger partial charge in [0.1, 0.15) is 5.75 Å². The molecule has 0 saturated heterocycles. The van der Waals surface area contributed by atoms with Crippen molar-refractivity contribution in [2.75, 3.05) is 6.61 Å². The third kappa shape index (κ3) is 5.36. The van der Waals surface area contributed by atoms with Crippen molar-refractivity contribution >= 4 is 18.0 Å². The van der Waals surface area contributed by atoms with Crippen LogP contribution in [0.25, 0.3) is 6.08 Å². The Balaban J connectivity index is 2.50. The van der Waals surface area contributed by atoms with Crippen molar-refractivity contribution < 1.29 is 19.4 Å². The van der Waals surface area contributed by atoms with Gasteiger partial charge in [-0.3, -0.25) is 4.79 Å². The highest BCUT2D eigenvalue weighted by Gasteiger charge is 1.97. The Kier molecular flexibility index (Phi) is 4.75. The summed E-state index contributed by atoms with van der Waals surface area (Å²) in [6, 6.07) is 6.84. The molecule has 0 aliphatic rings. The summed E-state index contributed by atoms with van der Waals surface area (Å²) < 4.78 is 5.26. The van der Waals surface area contributed by atoms with Gasteiger partial charge in [-0.2, -0.15) is 0 Å². The highest BCUT2D eigenvalue weighted by molar-refractivity contribution is 5.85. The first-order valence-corrected chi connectivity index (χ1v) is 5.00. The lowest BCUT2D eigenvalue weighted by atomic mass is 10.2. The van der Waals surface area contributed by atoms with Gasteiger partial charge in [0.15, 0.2) is 0 Å². The van der Waals surface area contributed by atoms with E-state index in [4.69, 9.17) is 15.6 Å². The number of hydrogen-bond donors (Lipinski definition) is 2. The largest absolute Gasteiger partial charge is 0.493 e. The fourth-order valence-electron chi connectivity index (χ4n) is 1.11. The van der Waals surface area contributed by atoms with Gasteiger partial charge in [-0.15, -0.1) is 0 Å². The van der Waals surface area contributed by atoms with Crippen molar-refractivity contribution in [1.29, 1.82) is 0 Å². The van der Waals surface area contributed by atoms with Gasteiger partial charge in [0.05, 0.1) is 13.0 Å². The fourth-order valence-corrected chi connectivity index (χ4v) is 1.11. The SMILES string of the molecule is NC(=O)CCOc1ccc(/C=C/C(=O)O)cc1. The second-order valence-corrected chi connectivity index (χ2v) is 3.31. The van der Waals surface area contributed by atoms with E-state index in [0.29, 0.717) is 5.75 Å². The van der Waals surface area contributed by atoms with E-state index in [-0.39, 0.29) is 13.0 Å². The zero-order chi connectivity index (χ0) is 12.7. The van der Waals surface area contributed by atoms with Crippen LogP contribution in [0.5, 0.6) is 5.75 Å². The van der Waals surface area contributed by atoms with Crippen molar-refractivity contribution in [3.8, 4) is 5.75 Å². The van der Waals surface area contributed by atoms with E-state index in [1.165, 1.54) is 6.08 Å². The lowest BCUT2D eigenvalue weighted by Crippen LogP contribution is -2.14. The molecule has 0 fully saturated rings. The van der Waals surface area contributed by atoms with Crippen LogP contribution in [0.15, 0.2) is 30.3 Å². The van der Waals surface area contributed by atoms with Crippen molar-refractivity contribution in [3.05, 3.63) is 35.9 Å². The van der Waals surface area contributed by atoms with Gasteiger partial charge in [0, 0.05) is 6.08 Å². The molecule has 0 unspecified atom stereocenters.